The Morgan fingerprint density at radius 2 is 2.36 bits per heavy atom. The summed E-state index contributed by atoms with van der Waals surface area (Å²) in [5.74, 6) is 0. The van der Waals surface area contributed by atoms with Crippen molar-refractivity contribution < 1.29 is 9.53 Å². The Bertz CT molecular complexity index is 351. The average Bonchev–Trinajstić information content (AvgIpc) is 2.74. The molecule has 0 aliphatic carbocycles. The van der Waals surface area contributed by atoms with Crippen LogP contribution in [0.4, 0.5) is 0 Å². The maximum Gasteiger partial charge on any atom is 0.153 e. The van der Waals surface area contributed by atoms with Gasteiger partial charge in [-0.2, -0.15) is 5.10 Å². The molecule has 1 atom stereocenters. The normalized spacial score (nSPS) is 21.4. The number of nitrogens with zero attached hydrogens (tertiary/aromatic N) is 2. The monoisotopic (exact) mass is 194 g/mol. The van der Waals surface area contributed by atoms with Crippen LogP contribution in [0.3, 0.4) is 0 Å². The van der Waals surface area contributed by atoms with Crippen molar-refractivity contribution in [3.63, 3.8) is 0 Å². The second-order valence-electron chi connectivity index (χ2n) is 3.61. The molecule has 1 aromatic rings. The molecule has 14 heavy (non-hydrogen) atoms. The van der Waals surface area contributed by atoms with Crippen molar-refractivity contribution in [2.45, 2.75) is 32.9 Å². The lowest BCUT2D eigenvalue weighted by molar-refractivity contribution is 0.0449. The number of aryl methyl sites for hydroxylation is 1. The Kier molecular flexibility index (Phi) is 2.37. The Morgan fingerprint density at radius 1 is 1.57 bits per heavy atom. The van der Waals surface area contributed by atoms with Gasteiger partial charge in [-0.3, -0.25) is 4.79 Å². The zero-order chi connectivity index (χ0) is 10.1. The van der Waals surface area contributed by atoms with Gasteiger partial charge in [-0.25, -0.2) is 4.68 Å². The molecule has 1 saturated heterocycles. The van der Waals surface area contributed by atoms with E-state index in [1.54, 1.807) is 0 Å². The van der Waals surface area contributed by atoms with Crippen LogP contribution < -0.4 is 0 Å². The van der Waals surface area contributed by atoms with Gasteiger partial charge >= 0.3 is 0 Å². The van der Waals surface area contributed by atoms with Crippen molar-refractivity contribution >= 4 is 6.29 Å². The maximum atomic E-state index is 10.8. The summed E-state index contributed by atoms with van der Waals surface area (Å²) >= 11 is 0. The second-order valence-corrected chi connectivity index (χ2v) is 3.61. The fourth-order valence-electron chi connectivity index (χ4n) is 1.88. The fourth-order valence-corrected chi connectivity index (χ4v) is 1.88. The third-order valence-electron chi connectivity index (χ3n) is 2.68. The van der Waals surface area contributed by atoms with Crippen LogP contribution in [-0.4, -0.2) is 22.7 Å². The first-order valence-corrected chi connectivity index (χ1v) is 4.86. The van der Waals surface area contributed by atoms with E-state index >= 15 is 0 Å². The highest BCUT2D eigenvalue weighted by molar-refractivity contribution is 5.78. The third kappa shape index (κ3) is 1.35. The predicted molar refractivity (Wildman–Crippen MR) is 51.3 cm³/mol. The Hall–Kier alpha value is -1.16. The zero-order valence-electron chi connectivity index (χ0n) is 8.49. The van der Waals surface area contributed by atoms with E-state index in [9.17, 15) is 4.79 Å². The average molecular weight is 194 g/mol. The molecule has 1 unspecified atom stereocenters. The smallest absolute Gasteiger partial charge is 0.153 e. The van der Waals surface area contributed by atoms with Gasteiger partial charge in [0.1, 0.15) is 0 Å². The molecular formula is C10H14N2O2. The topological polar surface area (TPSA) is 44.1 Å². The Morgan fingerprint density at radius 3 is 2.86 bits per heavy atom. The molecule has 0 aromatic carbocycles. The van der Waals surface area contributed by atoms with Gasteiger partial charge in [-0.1, -0.05) is 0 Å². The molecule has 0 radical (unpaired) electrons. The van der Waals surface area contributed by atoms with Crippen LogP contribution in [-0.2, 0) is 4.74 Å². The molecule has 0 spiro atoms. The Balaban J connectivity index is 2.38. The molecule has 2 rings (SSSR count). The van der Waals surface area contributed by atoms with Crippen LogP contribution in [0.5, 0.6) is 0 Å². The van der Waals surface area contributed by atoms with Gasteiger partial charge in [0, 0.05) is 12.3 Å². The third-order valence-corrected chi connectivity index (χ3v) is 2.68. The first-order chi connectivity index (χ1) is 6.74. The van der Waals surface area contributed by atoms with Crippen LogP contribution in [0, 0.1) is 13.8 Å². The van der Waals surface area contributed by atoms with Gasteiger partial charge in [0.15, 0.2) is 12.5 Å². The molecular weight excluding hydrogens is 180 g/mol. The van der Waals surface area contributed by atoms with Crippen LogP contribution >= 0.6 is 0 Å². The molecule has 0 saturated carbocycles. The van der Waals surface area contributed by atoms with Crippen molar-refractivity contribution in [3.05, 3.63) is 17.0 Å². The highest BCUT2D eigenvalue weighted by atomic mass is 16.5. The minimum Gasteiger partial charge on any atom is -0.357 e. The minimum atomic E-state index is 0.0300. The highest BCUT2D eigenvalue weighted by Crippen LogP contribution is 2.25. The summed E-state index contributed by atoms with van der Waals surface area (Å²) in [7, 11) is 0. The van der Waals surface area contributed by atoms with Gasteiger partial charge in [0.05, 0.1) is 11.3 Å². The summed E-state index contributed by atoms with van der Waals surface area (Å²) in [6, 6.07) is 0. The van der Waals surface area contributed by atoms with Crippen LogP contribution in [0.15, 0.2) is 0 Å². The molecule has 0 N–H and O–H groups in total. The quantitative estimate of drug-likeness (QED) is 0.672. The molecule has 1 aromatic heterocycles. The molecule has 4 heteroatoms. The number of aromatic nitrogens is 2. The second kappa shape index (κ2) is 3.53. The first-order valence-electron chi connectivity index (χ1n) is 4.86. The van der Waals surface area contributed by atoms with Gasteiger partial charge in [0.2, 0.25) is 0 Å². The lowest BCUT2D eigenvalue weighted by atomic mass is 10.2. The molecule has 1 aliphatic heterocycles. The first kappa shape index (κ1) is 9.40. The van der Waals surface area contributed by atoms with Crippen molar-refractivity contribution in [2.24, 2.45) is 0 Å². The summed E-state index contributed by atoms with van der Waals surface area (Å²) < 4.78 is 7.34. The largest absolute Gasteiger partial charge is 0.357 e. The molecule has 1 aliphatic rings. The molecule has 2 heterocycles. The minimum absolute atomic E-state index is 0.0300. The highest BCUT2D eigenvalue weighted by Gasteiger charge is 2.22. The van der Waals surface area contributed by atoms with Crippen molar-refractivity contribution in [1.82, 2.24) is 9.78 Å². The summed E-state index contributed by atoms with van der Waals surface area (Å²) in [5.41, 5.74) is 2.39. The molecule has 76 valence electrons. The summed E-state index contributed by atoms with van der Waals surface area (Å²) in [6.45, 7) is 4.55. The van der Waals surface area contributed by atoms with E-state index in [1.807, 2.05) is 18.5 Å². The lowest BCUT2D eigenvalue weighted by Gasteiger charge is -2.11. The number of carbonyl (C=O) groups is 1. The van der Waals surface area contributed by atoms with Gasteiger partial charge in [-0.15, -0.1) is 0 Å². The van der Waals surface area contributed by atoms with Crippen LogP contribution in [0.1, 0.15) is 40.8 Å². The van der Waals surface area contributed by atoms with Crippen LogP contribution in [0.25, 0.3) is 0 Å². The zero-order valence-corrected chi connectivity index (χ0v) is 8.49. The number of rotatable bonds is 2. The van der Waals surface area contributed by atoms with E-state index in [0.717, 1.165) is 37.1 Å². The molecule has 0 bridgehead atoms. The summed E-state index contributed by atoms with van der Waals surface area (Å²) in [4.78, 5) is 10.8. The van der Waals surface area contributed by atoms with Gasteiger partial charge in [0.25, 0.3) is 0 Å². The standard InChI is InChI=1S/C10H14N2O2/c1-7-9(6-13)8(2)12(11-7)10-4-3-5-14-10/h6,10H,3-5H2,1-2H3. The molecule has 1 fully saturated rings. The van der Waals surface area contributed by atoms with Crippen molar-refractivity contribution in [2.75, 3.05) is 6.61 Å². The molecule has 0 amide bonds. The summed E-state index contributed by atoms with van der Waals surface area (Å²) in [5, 5.41) is 4.32. The predicted octanol–water partition coefficient (Wildman–Crippen LogP) is 1.62. The van der Waals surface area contributed by atoms with Crippen molar-refractivity contribution in [3.8, 4) is 0 Å². The summed E-state index contributed by atoms with van der Waals surface area (Å²) in [6.07, 6.45) is 2.95. The SMILES string of the molecule is Cc1nn(C2CCCO2)c(C)c1C=O. The van der Waals surface area contributed by atoms with Gasteiger partial charge < -0.3 is 4.74 Å². The number of hydrogen-bond donors (Lipinski definition) is 0. The van der Waals surface area contributed by atoms with Crippen molar-refractivity contribution in [1.29, 1.82) is 0 Å². The number of carbonyl (C=O) groups excluding carboxylic acids is 1. The number of aldehydes is 1. The van der Waals surface area contributed by atoms with E-state index in [4.69, 9.17) is 4.74 Å². The van der Waals surface area contributed by atoms with E-state index in [2.05, 4.69) is 5.10 Å². The van der Waals surface area contributed by atoms with E-state index < -0.39 is 0 Å². The fraction of sp³-hybridized carbons (Fsp3) is 0.600. The maximum absolute atomic E-state index is 10.8. The number of hydrogen-bond acceptors (Lipinski definition) is 3. The lowest BCUT2D eigenvalue weighted by Crippen LogP contribution is -2.10. The Labute approximate surface area is 82.9 Å². The van der Waals surface area contributed by atoms with Gasteiger partial charge in [-0.05, 0) is 26.7 Å². The van der Waals surface area contributed by atoms with E-state index in [-0.39, 0.29) is 6.23 Å². The van der Waals surface area contributed by atoms with E-state index in [1.165, 1.54) is 0 Å². The van der Waals surface area contributed by atoms with Crippen LogP contribution in [0.2, 0.25) is 0 Å². The molecule has 4 nitrogen and oxygen atoms in total. The number of ether oxygens (including phenoxy) is 1. The van der Waals surface area contributed by atoms with E-state index in [0.29, 0.717) is 5.56 Å².